The fourth-order valence-corrected chi connectivity index (χ4v) is 7.10. The van der Waals surface area contributed by atoms with E-state index in [2.05, 4.69) is 58.1 Å². The zero-order valence-corrected chi connectivity index (χ0v) is 22.3. The fourth-order valence-electron chi connectivity index (χ4n) is 4.82. The second kappa shape index (κ2) is 11.4. The number of fused-ring (bicyclic) bond motifs is 1. The van der Waals surface area contributed by atoms with E-state index >= 15 is 0 Å². The van der Waals surface area contributed by atoms with Gasteiger partial charge in [-0.25, -0.2) is 4.98 Å². The molecular weight excluding hydrogens is 472 g/mol. The highest BCUT2D eigenvalue weighted by Crippen LogP contribution is 2.32. The van der Waals surface area contributed by atoms with Crippen molar-refractivity contribution in [1.29, 1.82) is 0 Å². The number of rotatable bonds is 7. The van der Waals surface area contributed by atoms with Crippen molar-refractivity contribution in [2.24, 2.45) is 0 Å². The van der Waals surface area contributed by atoms with Gasteiger partial charge in [-0.2, -0.15) is 0 Å². The van der Waals surface area contributed by atoms with Crippen molar-refractivity contribution in [1.82, 2.24) is 19.8 Å². The fraction of sp³-hybridized carbons (Fsp3) is 0.464. The summed E-state index contributed by atoms with van der Waals surface area (Å²) in [5, 5.41) is 4.49. The molecule has 5 nitrogen and oxygen atoms in total. The molecule has 0 spiro atoms. The number of hydrogen-bond donors (Lipinski definition) is 0. The lowest BCUT2D eigenvalue weighted by Crippen LogP contribution is -2.31. The molecule has 0 unspecified atom stereocenters. The molecule has 7 heteroatoms. The first-order chi connectivity index (χ1) is 17.0. The average molecular weight is 507 g/mol. The van der Waals surface area contributed by atoms with Crippen molar-refractivity contribution < 1.29 is 4.79 Å². The standard InChI is InChI=1S/C28H34N4OS2/c1-31-11-6-24(7-12-31)34-26-4-3-21-19-30-23(15-22(21)16-26)18-27(33)20-5-10-29-28(17-20)35-25-8-13-32(2)14-9-25/h3-5,10,15-17,19,24-25H,6-9,11-14,18H2,1-2H3. The summed E-state index contributed by atoms with van der Waals surface area (Å²) < 4.78 is 0. The summed E-state index contributed by atoms with van der Waals surface area (Å²) in [6, 6.07) is 12.5. The monoisotopic (exact) mass is 506 g/mol. The largest absolute Gasteiger partial charge is 0.306 e. The molecule has 4 heterocycles. The number of pyridine rings is 2. The Morgan fingerprint density at radius 3 is 2.26 bits per heavy atom. The number of piperidine rings is 2. The third kappa shape index (κ3) is 6.64. The predicted molar refractivity (Wildman–Crippen MR) is 147 cm³/mol. The quantitative estimate of drug-likeness (QED) is 0.396. The number of thioether (sulfide) groups is 2. The highest BCUT2D eigenvalue weighted by Gasteiger charge is 2.20. The molecule has 35 heavy (non-hydrogen) atoms. The minimum absolute atomic E-state index is 0.0985. The minimum Gasteiger partial charge on any atom is -0.306 e. The number of ketones is 1. The van der Waals surface area contributed by atoms with Gasteiger partial charge >= 0.3 is 0 Å². The van der Waals surface area contributed by atoms with Gasteiger partial charge in [0.25, 0.3) is 0 Å². The zero-order valence-electron chi connectivity index (χ0n) is 20.7. The topological polar surface area (TPSA) is 49.3 Å². The maximum absolute atomic E-state index is 13.1. The number of carbonyl (C=O) groups excluding carboxylic acids is 1. The lowest BCUT2D eigenvalue weighted by atomic mass is 10.1. The molecule has 2 aromatic heterocycles. The molecule has 2 aliphatic rings. The summed E-state index contributed by atoms with van der Waals surface area (Å²) in [5.74, 6) is 0.0985. The lowest BCUT2D eigenvalue weighted by molar-refractivity contribution is 0.0991. The van der Waals surface area contributed by atoms with Crippen LogP contribution in [0.15, 0.2) is 58.7 Å². The van der Waals surface area contributed by atoms with E-state index in [1.807, 2.05) is 41.9 Å². The van der Waals surface area contributed by atoms with Crippen LogP contribution in [0.2, 0.25) is 0 Å². The van der Waals surface area contributed by atoms with Crippen LogP contribution in [0, 0.1) is 0 Å². The van der Waals surface area contributed by atoms with Gasteiger partial charge in [0, 0.05) is 44.4 Å². The van der Waals surface area contributed by atoms with Crippen LogP contribution in [-0.4, -0.2) is 76.3 Å². The second-order valence-electron chi connectivity index (χ2n) is 9.91. The van der Waals surface area contributed by atoms with E-state index in [9.17, 15) is 4.79 Å². The summed E-state index contributed by atoms with van der Waals surface area (Å²) in [4.78, 5) is 28.3. The van der Waals surface area contributed by atoms with E-state index in [1.165, 1.54) is 43.7 Å². The number of hydrogen-bond acceptors (Lipinski definition) is 7. The van der Waals surface area contributed by atoms with Crippen molar-refractivity contribution in [2.75, 3.05) is 40.3 Å². The van der Waals surface area contributed by atoms with Crippen molar-refractivity contribution in [2.45, 2.75) is 52.5 Å². The molecule has 0 saturated carbocycles. The van der Waals surface area contributed by atoms with Crippen LogP contribution in [0.25, 0.3) is 10.8 Å². The molecule has 184 valence electrons. The number of likely N-dealkylation sites (tertiary alicyclic amines) is 2. The summed E-state index contributed by atoms with van der Waals surface area (Å²) >= 11 is 3.80. The second-order valence-corrected chi connectivity index (χ2v) is 12.6. The van der Waals surface area contributed by atoms with Crippen LogP contribution in [0.5, 0.6) is 0 Å². The molecule has 3 aromatic rings. The van der Waals surface area contributed by atoms with Gasteiger partial charge in [-0.15, -0.1) is 23.5 Å². The smallest absolute Gasteiger partial charge is 0.168 e. The Morgan fingerprint density at radius 2 is 1.54 bits per heavy atom. The maximum Gasteiger partial charge on any atom is 0.168 e. The Labute approximate surface area is 217 Å². The predicted octanol–water partition coefficient (Wildman–Crippen LogP) is 5.43. The first-order valence-electron chi connectivity index (χ1n) is 12.6. The lowest BCUT2D eigenvalue weighted by Gasteiger charge is -2.28. The zero-order chi connectivity index (χ0) is 24.2. The van der Waals surface area contributed by atoms with Crippen LogP contribution in [0.4, 0.5) is 0 Å². The van der Waals surface area contributed by atoms with Crippen molar-refractivity contribution in [3.8, 4) is 0 Å². The number of Topliss-reactive ketones (excluding diaryl/α,β-unsaturated/α-hetero) is 1. The molecule has 2 saturated heterocycles. The number of aromatic nitrogens is 2. The SMILES string of the molecule is CN1CCC(Sc2ccc3cnc(CC(=O)c4ccnc(SC5CCN(C)CC5)c4)cc3c2)CC1. The molecular formula is C28H34N4OS2. The summed E-state index contributed by atoms with van der Waals surface area (Å²) in [6.45, 7) is 4.60. The van der Waals surface area contributed by atoms with Crippen molar-refractivity contribution >= 4 is 40.1 Å². The van der Waals surface area contributed by atoms with Gasteiger partial charge in [0.2, 0.25) is 0 Å². The first kappa shape index (κ1) is 24.8. The van der Waals surface area contributed by atoms with E-state index in [1.54, 1.807) is 6.20 Å². The van der Waals surface area contributed by atoms with E-state index < -0.39 is 0 Å². The van der Waals surface area contributed by atoms with Gasteiger partial charge in [-0.3, -0.25) is 9.78 Å². The maximum atomic E-state index is 13.1. The molecule has 0 bridgehead atoms. The molecule has 0 atom stereocenters. The summed E-state index contributed by atoms with van der Waals surface area (Å²) in [7, 11) is 4.38. The number of carbonyl (C=O) groups is 1. The number of benzene rings is 1. The van der Waals surface area contributed by atoms with E-state index in [4.69, 9.17) is 0 Å². The van der Waals surface area contributed by atoms with E-state index in [-0.39, 0.29) is 5.78 Å². The molecule has 5 rings (SSSR count). The molecule has 1 aromatic carbocycles. The van der Waals surface area contributed by atoms with Crippen molar-refractivity contribution in [3.05, 3.63) is 60.0 Å². The van der Waals surface area contributed by atoms with Crippen LogP contribution < -0.4 is 0 Å². The van der Waals surface area contributed by atoms with Gasteiger partial charge < -0.3 is 9.80 Å². The minimum atomic E-state index is 0.0985. The third-order valence-corrected chi connectivity index (χ3v) is 9.67. The van der Waals surface area contributed by atoms with Gasteiger partial charge in [-0.1, -0.05) is 6.07 Å². The highest BCUT2D eigenvalue weighted by molar-refractivity contribution is 8.00. The molecule has 0 N–H and O–H groups in total. The molecule has 2 fully saturated rings. The van der Waals surface area contributed by atoms with E-state index in [0.717, 1.165) is 40.1 Å². The Bertz CT molecular complexity index is 1170. The molecule has 2 aliphatic heterocycles. The van der Waals surface area contributed by atoms with Crippen LogP contribution in [0.3, 0.4) is 0 Å². The first-order valence-corrected chi connectivity index (χ1v) is 14.4. The van der Waals surface area contributed by atoms with Crippen LogP contribution in [0.1, 0.15) is 41.7 Å². The molecule has 0 radical (unpaired) electrons. The molecule has 0 aliphatic carbocycles. The Morgan fingerprint density at radius 1 is 0.857 bits per heavy atom. The van der Waals surface area contributed by atoms with Gasteiger partial charge in [-0.05, 0) is 102 Å². The summed E-state index contributed by atoms with van der Waals surface area (Å²) in [6.07, 6.45) is 8.78. The summed E-state index contributed by atoms with van der Waals surface area (Å²) in [5.41, 5.74) is 1.55. The van der Waals surface area contributed by atoms with Crippen LogP contribution >= 0.6 is 23.5 Å². The highest BCUT2D eigenvalue weighted by atomic mass is 32.2. The average Bonchev–Trinajstić information content (AvgIpc) is 2.87. The normalized spacial score (nSPS) is 18.8. The Balaban J connectivity index is 1.24. The number of nitrogens with zero attached hydrogens (tertiary/aromatic N) is 4. The van der Waals surface area contributed by atoms with Crippen molar-refractivity contribution in [3.63, 3.8) is 0 Å². The third-order valence-electron chi connectivity index (χ3n) is 7.07. The Hall–Kier alpha value is -1.93. The van der Waals surface area contributed by atoms with Gasteiger partial charge in [0.15, 0.2) is 5.78 Å². The van der Waals surface area contributed by atoms with E-state index in [0.29, 0.717) is 16.9 Å². The van der Waals surface area contributed by atoms with Gasteiger partial charge in [0.05, 0.1) is 11.4 Å². The molecule has 0 amide bonds. The van der Waals surface area contributed by atoms with Crippen LogP contribution in [-0.2, 0) is 6.42 Å². The Kier molecular flexibility index (Phi) is 8.07. The van der Waals surface area contributed by atoms with Gasteiger partial charge in [0.1, 0.15) is 0 Å².